The molecule has 2 rings (SSSR count). The first-order chi connectivity index (χ1) is 13.1. The SMILES string of the molecule is CN(C)C(=O)CN(CCc1ccc(F)c(OCC(F)(F)F)c1)CC1CCOC1. The number of alkyl halides is 3. The minimum Gasteiger partial charge on any atom is -0.481 e. The first-order valence-electron chi connectivity index (χ1n) is 9.12. The molecule has 0 saturated carbocycles. The average molecular weight is 406 g/mol. The monoisotopic (exact) mass is 406 g/mol. The van der Waals surface area contributed by atoms with Gasteiger partial charge in [0.1, 0.15) is 0 Å². The van der Waals surface area contributed by atoms with E-state index in [1.54, 1.807) is 14.1 Å². The zero-order valence-electron chi connectivity index (χ0n) is 16.1. The third kappa shape index (κ3) is 7.63. The van der Waals surface area contributed by atoms with Crippen LogP contribution in [0.5, 0.6) is 5.75 Å². The number of benzene rings is 1. The summed E-state index contributed by atoms with van der Waals surface area (Å²) in [6, 6.07) is 3.90. The van der Waals surface area contributed by atoms with Gasteiger partial charge in [-0.25, -0.2) is 4.39 Å². The van der Waals surface area contributed by atoms with Crippen molar-refractivity contribution in [3.8, 4) is 5.75 Å². The fourth-order valence-electron chi connectivity index (χ4n) is 2.92. The first kappa shape index (κ1) is 22.4. The molecule has 0 bridgehead atoms. The third-order valence-corrected chi connectivity index (χ3v) is 4.50. The maximum absolute atomic E-state index is 13.7. The van der Waals surface area contributed by atoms with Gasteiger partial charge in [0.2, 0.25) is 5.91 Å². The van der Waals surface area contributed by atoms with Crippen LogP contribution in [0.1, 0.15) is 12.0 Å². The Morgan fingerprint density at radius 1 is 1.32 bits per heavy atom. The quantitative estimate of drug-likeness (QED) is 0.592. The topological polar surface area (TPSA) is 42.0 Å². The van der Waals surface area contributed by atoms with Gasteiger partial charge in [-0.2, -0.15) is 13.2 Å². The van der Waals surface area contributed by atoms with Crippen LogP contribution in [0.25, 0.3) is 0 Å². The summed E-state index contributed by atoms with van der Waals surface area (Å²) >= 11 is 0. The minimum absolute atomic E-state index is 0.0350. The Morgan fingerprint density at radius 2 is 2.07 bits per heavy atom. The number of hydrogen-bond acceptors (Lipinski definition) is 4. The molecule has 1 aromatic carbocycles. The summed E-state index contributed by atoms with van der Waals surface area (Å²) in [5, 5.41) is 0. The van der Waals surface area contributed by atoms with Crippen molar-refractivity contribution in [3.63, 3.8) is 0 Å². The van der Waals surface area contributed by atoms with Crippen molar-refractivity contribution in [1.29, 1.82) is 0 Å². The highest BCUT2D eigenvalue weighted by molar-refractivity contribution is 5.77. The van der Waals surface area contributed by atoms with Gasteiger partial charge >= 0.3 is 6.18 Å². The van der Waals surface area contributed by atoms with Crippen LogP contribution < -0.4 is 4.74 Å². The van der Waals surface area contributed by atoms with Crippen LogP contribution in [0.15, 0.2) is 18.2 Å². The van der Waals surface area contributed by atoms with Gasteiger partial charge in [0.15, 0.2) is 18.2 Å². The predicted octanol–water partition coefficient (Wildman–Crippen LogP) is 2.74. The summed E-state index contributed by atoms with van der Waals surface area (Å²) < 4.78 is 60.6. The summed E-state index contributed by atoms with van der Waals surface area (Å²) in [5.41, 5.74) is 0.642. The molecule has 28 heavy (non-hydrogen) atoms. The van der Waals surface area contributed by atoms with E-state index in [4.69, 9.17) is 4.74 Å². The van der Waals surface area contributed by atoms with E-state index in [0.29, 0.717) is 44.2 Å². The zero-order chi connectivity index (χ0) is 20.7. The van der Waals surface area contributed by atoms with Gasteiger partial charge in [0, 0.05) is 33.8 Å². The van der Waals surface area contributed by atoms with E-state index in [0.717, 1.165) is 12.5 Å². The number of rotatable bonds is 9. The van der Waals surface area contributed by atoms with Crippen LogP contribution in [0, 0.1) is 11.7 Å². The van der Waals surface area contributed by atoms with Gasteiger partial charge in [0.25, 0.3) is 0 Å². The van der Waals surface area contributed by atoms with Crippen molar-refractivity contribution < 1.29 is 31.8 Å². The number of halogens is 4. The van der Waals surface area contributed by atoms with E-state index < -0.39 is 24.3 Å². The van der Waals surface area contributed by atoms with Crippen molar-refractivity contribution in [1.82, 2.24) is 9.80 Å². The van der Waals surface area contributed by atoms with E-state index in [1.165, 1.54) is 17.0 Å². The lowest BCUT2D eigenvalue weighted by Crippen LogP contribution is -2.40. The fraction of sp³-hybridized carbons (Fsp3) is 0.632. The van der Waals surface area contributed by atoms with Crippen LogP contribution in [0.2, 0.25) is 0 Å². The molecule has 1 heterocycles. The summed E-state index contributed by atoms with van der Waals surface area (Å²) in [4.78, 5) is 15.6. The number of carbonyl (C=O) groups excluding carboxylic acids is 1. The molecule has 1 aromatic rings. The molecule has 158 valence electrons. The molecule has 0 N–H and O–H groups in total. The number of hydrogen-bond donors (Lipinski definition) is 0. The Bertz CT molecular complexity index is 647. The van der Waals surface area contributed by atoms with Gasteiger partial charge in [-0.05, 0) is 36.5 Å². The van der Waals surface area contributed by atoms with E-state index >= 15 is 0 Å². The van der Waals surface area contributed by atoms with Crippen LogP contribution >= 0.6 is 0 Å². The van der Waals surface area contributed by atoms with Crippen LogP contribution in [-0.4, -0.2) is 75.4 Å². The summed E-state index contributed by atoms with van der Waals surface area (Å²) in [6.07, 6.45) is -3.15. The van der Waals surface area contributed by atoms with Gasteiger partial charge in [-0.3, -0.25) is 9.69 Å². The van der Waals surface area contributed by atoms with E-state index in [2.05, 4.69) is 4.74 Å². The van der Waals surface area contributed by atoms with Gasteiger partial charge in [0.05, 0.1) is 13.2 Å². The van der Waals surface area contributed by atoms with Crippen LogP contribution in [0.4, 0.5) is 17.6 Å². The maximum Gasteiger partial charge on any atom is 0.422 e. The normalized spacial score (nSPS) is 17.2. The van der Waals surface area contributed by atoms with Crippen molar-refractivity contribution in [2.45, 2.75) is 19.0 Å². The maximum atomic E-state index is 13.7. The molecule has 1 aliphatic heterocycles. The molecule has 0 radical (unpaired) electrons. The van der Waals surface area contributed by atoms with Gasteiger partial charge < -0.3 is 14.4 Å². The molecule has 1 aliphatic rings. The highest BCUT2D eigenvalue weighted by Gasteiger charge is 2.29. The molecule has 9 heteroatoms. The number of likely N-dealkylation sites (N-methyl/N-ethyl adjacent to an activating group) is 1. The lowest BCUT2D eigenvalue weighted by Gasteiger charge is -2.26. The molecule has 1 atom stereocenters. The standard InChI is InChI=1S/C19H26F4N2O3/c1-24(2)18(26)11-25(10-15-6-8-27-12-15)7-5-14-3-4-16(20)17(9-14)28-13-19(21,22)23/h3-4,9,15H,5-8,10-13H2,1-2H3. The largest absolute Gasteiger partial charge is 0.481 e. The Hall–Kier alpha value is -1.87. The smallest absolute Gasteiger partial charge is 0.422 e. The molecule has 1 fully saturated rings. The van der Waals surface area contributed by atoms with Crippen LogP contribution in [0.3, 0.4) is 0 Å². The average Bonchev–Trinajstić information content (AvgIpc) is 3.11. The summed E-state index contributed by atoms with van der Waals surface area (Å²) in [5.74, 6) is -0.952. The molecule has 0 spiro atoms. The van der Waals surface area contributed by atoms with E-state index in [-0.39, 0.29) is 12.5 Å². The lowest BCUT2D eigenvalue weighted by molar-refractivity contribution is -0.153. The number of ether oxygens (including phenoxy) is 2. The number of carbonyl (C=O) groups is 1. The second kappa shape index (κ2) is 10.1. The summed E-state index contributed by atoms with van der Waals surface area (Å²) in [7, 11) is 3.37. The minimum atomic E-state index is -4.53. The van der Waals surface area contributed by atoms with Gasteiger partial charge in [-0.15, -0.1) is 0 Å². The molecule has 0 aliphatic carbocycles. The van der Waals surface area contributed by atoms with Crippen molar-refractivity contribution in [2.75, 3.05) is 53.6 Å². The first-order valence-corrected chi connectivity index (χ1v) is 9.12. The Morgan fingerprint density at radius 3 is 2.68 bits per heavy atom. The molecule has 0 aromatic heterocycles. The second-order valence-corrected chi connectivity index (χ2v) is 7.17. The number of nitrogens with zero attached hydrogens (tertiary/aromatic N) is 2. The van der Waals surface area contributed by atoms with E-state index in [1.807, 2.05) is 4.90 Å². The number of amides is 1. The van der Waals surface area contributed by atoms with Crippen molar-refractivity contribution >= 4 is 5.91 Å². The fourth-order valence-corrected chi connectivity index (χ4v) is 2.92. The highest BCUT2D eigenvalue weighted by atomic mass is 19.4. The lowest BCUT2D eigenvalue weighted by atomic mass is 10.1. The highest BCUT2D eigenvalue weighted by Crippen LogP contribution is 2.23. The molecule has 1 unspecified atom stereocenters. The molecule has 1 saturated heterocycles. The Kier molecular flexibility index (Phi) is 8.06. The van der Waals surface area contributed by atoms with E-state index in [9.17, 15) is 22.4 Å². The zero-order valence-corrected chi connectivity index (χ0v) is 16.1. The third-order valence-electron chi connectivity index (χ3n) is 4.50. The van der Waals surface area contributed by atoms with Crippen molar-refractivity contribution in [2.24, 2.45) is 5.92 Å². The molecule has 1 amide bonds. The molecular formula is C19H26F4N2O3. The Balaban J connectivity index is 1.99. The van der Waals surface area contributed by atoms with Crippen LogP contribution in [-0.2, 0) is 16.0 Å². The Labute approximate surface area is 162 Å². The van der Waals surface area contributed by atoms with Crippen molar-refractivity contribution in [3.05, 3.63) is 29.6 Å². The second-order valence-electron chi connectivity index (χ2n) is 7.17. The molecule has 5 nitrogen and oxygen atoms in total. The molecular weight excluding hydrogens is 380 g/mol. The predicted molar refractivity (Wildman–Crippen MR) is 95.7 cm³/mol. The summed E-state index contributed by atoms with van der Waals surface area (Å²) in [6.45, 7) is 1.26. The van der Waals surface area contributed by atoms with Gasteiger partial charge in [-0.1, -0.05) is 6.07 Å².